The lowest BCUT2D eigenvalue weighted by Crippen LogP contribution is -2.41. The highest BCUT2D eigenvalue weighted by atomic mass is 19.4. The predicted octanol–water partition coefficient (Wildman–Crippen LogP) is 3.53. The van der Waals surface area contributed by atoms with Crippen LogP contribution in [0.2, 0.25) is 0 Å². The number of ether oxygens (including phenoxy) is 2. The van der Waals surface area contributed by atoms with Gasteiger partial charge in [-0.05, 0) is 44.2 Å². The highest BCUT2D eigenvalue weighted by molar-refractivity contribution is 5.79. The van der Waals surface area contributed by atoms with Crippen molar-refractivity contribution in [3.05, 3.63) is 33.9 Å². The van der Waals surface area contributed by atoms with E-state index in [0.717, 1.165) is 31.6 Å². The first-order valence-electron chi connectivity index (χ1n) is 10.8. The molecule has 1 aromatic rings. The van der Waals surface area contributed by atoms with Gasteiger partial charge in [0.1, 0.15) is 5.69 Å². The van der Waals surface area contributed by atoms with Gasteiger partial charge in [0.25, 0.3) is 5.69 Å². The van der Waals surface area contributed by atoms with Gasteiger partial charge in [-0.25, -0.2) is 0 Å². The van der Waals surface area contributed by atoms with Crippen LogP contribution in [-0.2, 0) is 20.4 Å². The molecule has 1 N–H and O–H groups in total. The fourth-order valence-electron chi connectivity index (χ4n) is 4.02. The smallest absolute Gasteiger partial charge is 0.379 e. The zero-order valence-electron chi connectivity index (χ0n) is 17.7. The fraction of sp³-hybridized carbons (Fsp3) is 0.667. The number of anilines is 1. The van der Waals surface area contributed by atoms with Crippen LogP contribution in [0.25, 0.3) is 0 Å². The molecular formula is C21H28F3N3O5. The van der Waals surface area contributed by atoms with Crippen LogP contribution < -0.4 is 10.2 Å². The molecule has 11 heteroatoms. The van der Waals surface area contributed by atoms with Gasteiger partial charge >= 0.3 is 6.18 Å². The lowest BCUT2D eigenvalue weighted by atomic mass is 9.95. The molecule has 0 bridgehead atoms. The summed E-state index contributed by atoms with van der Waals surface area (Å²) in [5.41, 5.74) is -1.49. The molecule has 1 aromatic carbocycles. The van der Waals surface area contributed by atoms with Gasteiger partial charge in [0.2, 0.25) is 5.91 Å². The van der Waals surface area contributed by atoms with Gasteiger partial charge in [0.15, 0.2) is 0 Å². The van der Waals surface area contributed by atoms with Crippen LogP contribution in [0.5, 0.6) is 0 Å². The summed E-state index contributed by atoms with van der Waals surface area (Å²) >= 11 is 0. The zero-order valence-corrected chi connectivity index (χ0v) is 17.7. The Hall–Kier alpha value is -2.40. The van der Waals surface area contributed by atoms with E-state index in [1.54, 1.807) is 4.90 Å². The topological polar surface area (TPSA) is 93.9 Å². The maximum Gasteiger partial charge on any atom is 0.416 e. The van der Waals surface area contributed by atoms with Gasteiger partial charge in [-0.2, -0.15) is 13.2 Å². The molecule has 0 aliphatic carbocycles. The second kappa shape index (κ2) is 11.0. The average Bonchev–Trinajstić information content (AvgIpc) is 3.28. The third-order valence-electron chi connectivity index (χ3n) is 5.80. The molecule has 32 heavy (non-hydrogen) atoms. The number of nitrogens with one attached hydrogen (secondary N) is 1. The predicted molar refractivity (Wildman–Crippen MR) is 110 cm³/mol. The summed E-state index contributed by atoms with van der Waals surface area (Å²) in [5, 5.41) is 14.2. The summed E-state index contributed by atoms with van der Waals surface area (Å²) in [6.07, 6.45) is -0.756. The monoisotopic (exact) mass is 459 g/mol. The number of halogens is 3. The van der Waals surface area contributed by atoms with Crippen molar-refractivity contribution in [2.75, 3.05) is 44.4 Å². The maximum atomic E-state index is 12.9. The van der Waals surface area contributed by atoms with Crippen molar-refractivity contribution >= 4 is 17.3 Å². The molecule has 2 aliphatic rings. The first-order chi connectivity index (χ1) is 15.3. The van der Waals surface area contributed by atoms with E-state index in [-0.39, 0.29) is 23.6 Å². The Kier molecular flexibility index (Phi) is 8.30. The van der Waals surface area contributed by atoms with Crippen LogP contribution in [0.3, 0.4) is 0 Å². The van der Waals surface area contributed by atoms with Crippen LogP contribution >= 0.6 is 0 Å². The van der Waals surface area contributed by atoms with Gasteiger partial charge < -0.3 is 19.7 Å². The summed E-state index contributed by atoms with van der Waals surface area (Å²) < 4.78 is 49.7. The highest BCUT2D eigenvalue weighted by Gasteiger charge is 2.34. The fourth-order valence-corrected chi connectivity index (χ4v) is 4.02. The van der Waals surface area contributed by atoms with E-state index in [0.29, 0.717) is 58.2 Å². The van der Waals surface area contributed by atoms with E-state index in [1.807, 2.05) is 0 Å². The molecule has 3 rings (SSSR count). The van der Waals surface area contributed by atoms with Crippen LogP contribution in [0.1, 0.15) is 37.7 Å². The van der Waals surface area contributed by atoms with E-state index in [1.165, 1.54) is 0 Å². The number of piperidine rings is 1. The molecule has 178 valence electrons. The van der Waals surface area contributed by atoms with Gasteiger partial charge in [-0.1, -0.05) is 0 Å². The Balaban J connectivity index is 1.42. The van der Waals surface area contributed by atoms with Gasteiger partial charge in [0, 0.05) is 44.8 Å². The Morgan fingerprint density at radius 2 is 2.03 bits per heavy atom. The first-order valence-corrected chi connectivity index (χ1v) is 10.8. The number of rotatable bonds is 9. The molecule has 1 amide bonds. The van der Waals surface area contributed by atoms with Crippen molar-refractivity contribution in [2.24, 2.45) is 5.92 Å². The number of carbonyl (C=O) groups is 1. The number of amides is 1. The third-order valence-corrected chi connectivity index (χ3v) is 5.80. The SMILES string of the molecule is O=C(NCCCOCC1CCCO1)C1CCN(c2ccc(C(F)(F)F)cc2[N+](=O)[O-])CC1. The summed E-state index contributed by atoms with van der Waals surface area (Å²) in [6.45, 7) is 3.10. The average molecular weight is 459 g/mol. The molecule has 1 atom stereocenters. The number of hydrogen-bond donors (Lipinski definition) is 1. The van der Waals surface area contributed by atoms with Crippen LogP contribution in [0, 0.1) is 16.0 Å². The zero-order chi connectivity index (χ0) is 23.1. The lowest BCUT2D eigenvalue weighted by molar-refractivity contribution is -0.384. The van der Waals surface area contributed by atoms with Gasteiger partial charge in [-0.3, -0.25) is 14.9 Å². The van der Waals surface area contributed by atoms with Crippen molar-refractivity contribution in [1.82, 2.24) is 5.32 Å². The Labute approximate surface area is 184 Å². The molecule has 2 heterocycles. The van der Waals surface area contributed by atoms with Crippen molar-refractivity contribution in [3.63, 3.8) is 0 Å². The second-order valence-corrected chi connectivity index (χ2v) is 8.07. The number of benzene rings is 1. The number of carbonyl (C=O) groups excluding carboxylic acids is 1. The summed E-state index contributed by atoms with van der Waals surface area (Å²) in [4.78, 5) is 24.6. The largest absolute Gasteiger partial charge is 0.416 e. The van der Waals surface area contributed by atoms with Gasteiger partial charge in [0.05, 0.1) is 23.2 Å². The van der Waals surface area contributed by atoms with Crippen molar-refractivity contribution < 1.29 is 32.4 Å². The molecule has 2 fully saturated rings. The molecule has 8 nitrogen and oxygen atoms in total. The molecule has 0 saturated carbocycles. The minimum Gasteiger partial charge on any atom is -0.379 e. The van der Waals surface area contributed by atoms with Crippen LogP contribution in [-0.4, -0.2) is 56.4 Å². The summed E-state index contributed by atoms with van der Waals surface area (Å²) in [5.74, 6) is -0.307. The minimum absolute atomic E-state index is 0.0781. The highest BCUT2D eigenvalue weighted by Crippen LogP contribution is 2.37. The maximum absolute atomic E-state index is 12.9. The van der Waals surface area contributed by atoms with Crippen molar-refractivity contribution in [2.45, 2.75) is 44.4 Å². The van der Waals surface area contributed by atoms with Crippen molar-refractivity contribution in [3.8, 4) is 0 Å². The number of hydrogen-bond acceptors (Lipinski definition) is 6. The normalized spacial score (nSPS) is 19.8. The Bertz CT molecular complexity index is 791. The molecule has 1 unspecified atom stereocenters. The molecule has 2 saturated heterocycles. The second-order valence-electron chi connectivity index (χ2n) is 8.07. The summed E-state index contributed by atoms with van der Waals surface area (Å²) in [7, 11) is 0. The lowest BCUT2D eigenvalue weighted by Gasteiger charge is -2.32. The quantitative estimate of drug-likeness (QED) is 0.345. The third kappa shape index (κ3) is 6.55. The van der Waals surface area contributed by atoms with Crippen LogP contribution in [0.4, 0.5) is 24.5 Å². The number of nitrogens with zero attached hydrogens (tertiary/aromatic N) is 2. The first kappa shape index (κ1) is 24.2. The molecule has 0 aromatic heterocycles. The van der Waals surface area contributed by atoms with E-state index < -0.39 is 22.4 Å². The molecular weight excluding hydrogens is 431 g/mol. The Morgan fingerprint density at radius 3 is 2.66 bits per heavy atom. The molecule has 0 spiro atoms. The van der Waals surface area contributed by atoms with E-state index in [9.17, 15) is 28.1 Å². The van der Waals surface area contributed by atoms with Crippen molar-refractivity contribution in [1.29, 1.82) is 0 Å². The van der Waals surface area contributed by atoms with E-state index >= 15 is 0 Å². The standard InChI is InChI=1S/C21H28F3N3O5/c22-21(23,24)16-4-5-18(19(13-16)27(29)30)26-9-6-15(7-10-26)20(28)25-8-2-11-31-14-17-3-1-12-32-17/h4-5,13,15,17H,1-3,6-12,14H2,(H,25,28). The molecule has 0 radical (unpaired) electrons. The summed E-state index contributed by atoms with van der Waals surface area (Å²) in [6, 6.07) is 2.55. The molecule has 2 aliphatic heterocycles. The Morgan fingerprint density at radius 1 is 1.28 bits per heavy atom. The van der Waals surface area contributed by atoms with E-state index in [2.05, 4.69) is 5.32 Å². The minimum atomic E-state index is -4.65. The number of nitro groups is 1. The van der Waals surface area contributed by atoms with E-state index in [4.69, 9.17) is 9.47 Å². The van der Waals surface area contributed by atoms with Gasteiger partial charge in [-0.15, -0.1) is 0 Å². The number of alkyl halides is 3. The number of nitro benzene ring substituents is 1. The van der Waals surface area contributed by atoms with Crippen LogP contribution in [0.15, 0.2) is 18.2 Å².